The van der Waals surface area contributed by atoms with E-state index in [1.54, 1.807) is 0 Å². The highest BCUT2D eigenvalue weighted by atomic mass is 16.5. The van der Waals surface area contributed by atoms with Gasteiger partial charge in [0.05, 0.1) is 6.61 Å². The lowest BCUT2D eigenvalue weighted by Gasteiger charge is -2.11. The Bertz CT molecular complexity index is 396. The Morgan fingerprint density at radius 3 is 2.63 bits per heavy atom. The zero-order valence-corrected chi connectivity index (χ0v) is 12.5. The number of carbonyl (C=O) groups is 1. The van der Waals surface area contributed by atoms with Gasteiger partial charge in [-0.15, -0.1) is 0 Å². The first-order valence-electron chi connectivity index (χ1n) is 7.41. The van der Waals surface area contributed by atoms with Gasteiger partial charge in [0.2, 0.25) is 0 Å². The summed E-state index contributed by atoms with van der Waals surface area (Å²) in [5, 5.41) is 0. The fourth-order valence-corrected chi connectivity index (χ4v) is 2.14. The molecule has 0 unspecified atom stereocenters. The molecule has 0 fully saturated rings. The molecule has 0 aliphatic rings. The summed E-state index contributed by atoms with van der Waals surface area (Å²) in [7, 11) is 0. The average molecular weight is 262 g/mol. The third kappa shape index (κ3) is 5.91. The van der Waals surface area contributed by atoms with Crippen molar-refractivity contribution in [2.24, 2.45) is 0 Å². The van der Waals surface area contributed by atoms with Crippen molar-refractivity contribution >= 4 is 5.78 Å². The molecule has 0 aliphatic heterocycles. The first-order chi connectivity index (χ1) is 9.17. The van der Waals surface area contributed by atoms with E-state index in [0.717, 1.165) is 38.0 Å². The van der Waals surface area contributed by atoms with Crippen molar-refractivity contribution < 1.29 is 9.53 Å². The van der Waals surface area contributed by atoms with Gasteiger partial charge in [-0.3, -0.25) is 4.79 Å². The quantitative estimate of drug-likeness (QED) is 0.656. The Morgan fingerprint density at radius 2 is 1.95 bits per heavy atom. The van der Waals surface area contributed by atoms with Crippen molar-refractivity contribution in [3.63, 3.8) is 0 Å². The van der Waals surface area contributed by atoms with Gasteiger partial charge in [-0.2, -0.15) is 0 Å². The minimum Gasteiger partial charge on any atom is -0.493 e. The van der Waals surface area contributed by atoms with Crippen LogP contribution in [0.4, 0.5) is 0 Å². The van der Waals surface area contributed by atoms with E-state index in [1.807, 2.05) is 6.07 Å². The highest BCUT2D eigenvalue weighted by Crippen LogP contribution is 2.22. The molecule has 19 heavy (non-hydrogen) atoms. The summed E-state index contributed by atoms with van der Waals surface area (Å²) in [6.07, 6.45) is 5.22. The summed E-state index contributed by atoms with van der Waals surface area (Å²) in [5.74, 6) is 1.36. The fraction of sp³-hybridized carbons (Fsp3) is 0.588. The van der Waals surface area contributed by atoms with Gasteiger partial charge < -0.3 is 4.74 Å². The summed E-state index contributed by atoms with van der Waals surface area (Å²) >= 11 is 0. The number of ketones is 1. The molecule has 1 rings (SSSR count). The lowest BCUT2D eigenvalue weighted by Crippen LogP contribution is -2.01. The van der Waals surface area contributed by atoms with Gasteiger partial charge in [0.25, 0.3) is 0 Å². The molecule has 0 radical (unpaired) electrons. The minimum atomic E-state index is 0.381. The maximum atomic E-state index is 11.5. The number of carbonyl (C=O) groups excluding carboxylic acids is 1. The first-order valence-corrected chi connectivity index (χ1v) is 7.41. The Balaban J connectivity index is 2.55. The maximum Gasteiger partial charge on any atom is 0.132 e. The van der Waals surface area contributed by atoms with Gasteiger partial charge in [0.15, 0.2) is 0 Å². The van der Waals surface area contributed by atoms with Gasteiger partial charge in [0, 0.05) is 12.8 Å². The van der Waals surface area contributed by atoms with E-state index in [1.165, 1.54) is 11.1 Å². The summed E-state index contributed by atoms with van der Waals surface area (Å²) in [4.78, 5) is 11.5. The first kappa shape index (κ1) is 15.7. The molecular formula is C17H26O2. The van der Waals surface area contributed by atoms with Crippen LogP contribution in [0.1, 0.15) is 57.1 Å². The molecular weight excluding hydrogens is 236 g/mol. The predicted octanol–water partition coefficient (Wildman–Crippen LogP) is 4.48. The number of aryl methyl sites for hydroxylation is 2. The highest BCUT2D eigenvalue weighted by molar-refractivity contribution is 5.78. The molecule has 0 aliphatic carbocycles. The molecule has 0 heterocycles. The Hall–Kier alpha value is -1.31. The molecule has 106 valence electrons. The number of rotatable bonds is 9. The summed E-state index contributed by atoms with van der Waals surface area (Å²) < 4.78 is 5.76. The van der Waals surface area contributed by atoms with E-state index in [4.69, 9.17) is 4.74 Å². The predicted molar refractivity (Wildman–Crippen MR) is 79.8 cm³/mol. The van der Waals surface area contributed by atoms with Gasteiger partial charge in [0.1, 0.15) is 11.5 Å². The summed E-state index contributed by atoms with van der Waals surface area (Å²) in [6, 6.07) is 6.31. The van der Waals surface area contributed by atoms with E-state index in [0.29, 0.717) is 18.6 Å². The van der Waals surface area contributed by atoms with Crippen LogP contribution >= 0.6 is 0 Å². The second kappa shape index (κ2) is 8.73. The lowest BCUT2D eigenvalue weighted by molar-refractivity contribution is -0.119. The van der Waals surface area contributed by atoms with Gasteiger partial charge in [-0.1, -0.05) is 31.5 Å². The molecule has 0 amide bonds. The van der Waals surface area contributed by atoms with Crippen molar-refractivity contribution in [1.82, 2.24) is 0 Å². The smallest absolute Gasteiger partial charge is 0.132 e. The van der Waals surface area contributed by atoms with E-state index >= 15 is 0 Å². The monoisotopic (exact) mass is 262 g/mol. The summed E-state index contributed by atoms with van der Waals surface area (Å²) in [6.45, 7) is 7.01. The molecule has 0 aromatic heterocycles. The lowest BCUT2D eigenvalue weighted by atomic mass is 10.0. The van der Waals surface area contributed by atoms with Gasteiger partial charge >= 0.3 is 0 Å². The largest absolute Gasteiger partial charge is 0.493 e. The van der Waals surface area contributed by atoms with Crippen molar-refractivity contribution in [2.75, 3.05) is 6.61 Å². The molecule has 1 aromatic carbocycles. The normalized spacial score (nSPS) is 10.5. The highest BCUT2D eigenvalue weighted by Gasteiger charge is 2.06. The number of Topliss-reactive ketones (excluding diaryl/α,β-unsaturated/α-hetero) is 1. The molecule has 0 saturated heterocycles. The Labute approximate surface area is 117 Å². The number of benzene rings is 1. The maximum absolute atomic E-state index is 11.5. The third-order valence-electron chi connectivity index (χ3n) is 3.11. The van der Waals surface area contributed by atoms with Gasteiger partial charge in [-0.05, 0) is 44.2 Å². The molecule has 0 atom stereocenters. The van der Waals surface area contributed by atoms with E-state index in [-0.39, 0.29) is 0 Å². The van der Waals surface area contributed by atoms with Crippen LogP contribution in [-0.2, 0) is 11.2 Å². The molecule has 2 heteroatoms. The zero-order chi connectivity index (χ0) is 14.1. The van der Waals surface area contributed by atoms with Crippen molar-refractivity contribution in [2.45, 2.75) is 59.3 Å². The van der Waals surface area contributed by atoms with Crippen LogP contribution in [0, 0.1) is 6.92 Å². The molecule has 0 spiro atoms. The zero-order valence-electron chi connectivity index (χ0n) is 12.5. The molecule has 0 N–H and O–H groups in total. The number of ether oxygens (including phenoxy) is 1. The fourth-order valence-electron chi connectivity index (χ4n) is 2.14. The SMILES string of the molecule is CCCOc1ccc(C)cc1CCCC(=O)CCC. The van der Waals surface area contributed by atoms with Crippen LogP contribution in [0.15, 0.2) is 18.2 Å². The molecule has 0 bridgehead atoms. The third-order valence-corrected chi connectivity index (χ3v) is 3.11. The van der Waals surface area contributed by atoms with E-state index in [2.05, 4.69) is 32.9 Å². The minimum absolute atomic E-state index is 0.381. The Morgan fingerprint density at radius 1 is 1.16 bits per heavy atom. The van der Waals surface area contributed by atoms with E-state index < -0.39 is 0 Å². The van der Waals surface area contributed by atoms with Crippen LogP contribution in [0.25, 0.3) is 0 Å². The van der Waals surface area contributed by atoms with E-state index in [9.17, 15) is 4.79 Å². The Kier molecular flexibility index (Phi) is 7.24. The topological polar surface area (TPSA) is 26.3 Å². The number of hydrogen-bond acceptors (Lipinski definition) is 2. The van der Waals surface area contributed by atoms with Crippen LogP contribution in [0.2, 0.25) is 0 Å². The van der Waals surface area contributed by atoms with Crippen LogP contribution < -0.4 is 4.74 Å². The average Bonchev–Trinajstić information content (AvgIpc) is 2.38. The van der Waals surface area contributed by atoms with Crippen molar-refractivity contribution in [1.29, 1.82) is 0 Å². The molecule has 2 nitrogen and oxygen atoms in total. The van der Waals surface area contributed by atoms with Crippen LogP contribution in [0.3, 0.4) is 0 Å². The second-order valence-corrected chi connectivity index (χ2v) is 5.10. The summed E-state index contributed by atoms with van der Waals surface area (Å²) in [5.41, 5.74) is 2.48. The number of hydrogen-bond donors (Lipinski definition) is 0. The van der Waals surface area contributed by atoms with Gasteiger partial charge in [-0.25, -0.2) is 0 Å². The standard InChI is InChI=1S/C17H26O2/c1-4-7-16(18)9-6-8-15-13-14(3)10-11-17(15)19-12-5-2/h10-11,13H,4-9,12H2,1-3H3. The second-order valence-electron chi connectivity index (χ2n) is 5.10. The van der Waals surface area contributed by atoms with Crippen molar-refractivity contribution in [3.05, 3.63) is 29.3 Å². The van der Waals surface area contributed by atoms with Crippen molar-refractivity contribution in [3.8, 4) is 5.75 Å². The molecule has 1 aromatic rings. The van der Waals surface area contributed by atoms with Crippen LogP contribution in [-0.4, -0.2) is 12.4 Å². The molecule has 0 saturated carbocycles. The van der Waals surface area contributed by atoms with Crippen LogP contribution in [0.5, 0.6) is 5.75 Å².